The molecule has 1 unspecified atom stereocenters. The van der Waals surface area contributed by atoms with Crippen LogP contribution in [0.5, 0.6) is 0 Å². The predicted molar refractivity (Wildman–Crippen MR) is 132 cm³/mol. The Labute approximate surface area is 200 Å². The number of aromatic nitrogens is 2. The first-order valence-electron chi connectivity index (χ1n) is 12.6. The Morgan fingerprint density at radius 2 is 1.76 bits per heavy atom. The molecule has 1 atom stereocenters. The number of carbonyl (C=O) groups excluding carboxylic acids is 2. The summed E-state index contributed by atoms with van der Waals surface area (Å²) in [4.78, 5) is 42.3. The summed E-state index contributed by atoms with van der Waals surface area (Å²) in [6.45, 7) is 5.33. The number of anilines is 1. The normalized spacial score (nSPS) is 23.1. The van der Waals surface area contributed by atoms with Crippen molar-refractivity contribution in [2.24, 2.45) is 13.0 Å². The van der Waals surface area contributed by atoms with Crippen molar-refractivity contribution in [2.75, 3.05) is 44.7 Å². The molecule has 9 nitrogen and oxygen atoms in total. The summed E-state index contributed by atoms with van der Waals surface area (Å²) in [5.41, 5.74) is 2.44. The number of amides is 2. The first-order valence-corrected chi connectivity index (χ1v) is 12.6. The summed E-state index contributed by atoms with van der Waals surface area (Å²) < 4.78 is 3.23. The Balaban J connectivity index is 1.34. The van der Waals surface area contributed by atoms with Crippen LogP contribution in [0, 0.1) is 5.92 Å². The van der Waals surface area contributed by atoms with Gasteiger partial charge >= 0.3 is 5.69 Å². The molecule has 3 saturated heterocycles. The van der Waals surface area contributed by atoms with Gasteiger partial charge in [-0.25, -0.2) is 4.79 Å². The zero-order chi connectivity index (χ0) is 23.8. The average molecular weight is 469 g/mol. The molecule has 1 aromatic carbocycles. The molecule has 1 aromatic heterocycles. The van der Waals surface area contributed by atoms with Gasteiger partial charge in [0.25, 0.3) is 0 Å². The van der Waals surface area contributed by atoms with Gasteiger partial charge in [0.05, 0.1) is 16.7 Å². The van der Waals surface area contributed by atoms with E-state index < -0.39 is 11.9 Å². The Morgan fingerprint density at radius 3 is 2.47 bits per heavy atom. The van der Waals surface area contributed by atoms with Gasteiger partial charge in [0, 0.05) is 39.1 Å². The topological polar surface area (TPSA) is 91.6 Å². The largest absolute Gasteiger partial charge is 0.370 e. The number of fused-ring (bicyclic) bond motifs is 1. The number of rotatable bonds is 5. The number of imidazole rings is 1. The molecule has 2 N–H and O–H groups in total. The lowest BCUT2D eigenvalue weighted by atomic mass is 9.95. The number of imide groups is 1. The zero-order valence-electron chi connectivity index (χ0n) is 20.3. The molecular formula is C25H36N6O3. The van der Waals surface area contributed by atoms with Crippen molar-refractivity contribution in [3.8, 4) is 0 Å². The molecule has 0 radical (unpaired) electrons. The Morgan fingerprint density at radius 1 is 1.03 bits per heavy atom. The number of nitrogens with zero attached hydrogens (tertiary/aromatic N) is 4. The third-order valence-corrected chi connectivity index (χ3v) is 8.04. The molecule has 4 heterocycles. The summed E-state index contributed by atoms with van der Waals surface area (Å²) in [7, 11) is 4.04. The van der Waals surface area contributed by atoms with Gasteiger partial charge in [0.15, 0.2) is 0 Å². The van der Waals surface area contributed by atoms with Gasteiger partial charge in [0.1, 0.15) is 6.04 Å². The highest BCUT2D eigenvalue weighted by atomic mass is 16.2. The van der Waals surface area contributed by atoms with Crippen LogP contribution in [0.15, 0.2) is 23.0 Å². The number of nitrogens with one attached hydrogen (secondary N) is 2. The van der Waals surface area contributed by atoms with E-state index in [0.717, 1.165) is 61.7 Å². The molecule has 9 heteroatoms. The number of aryl methyl sites for hydroxylation is 1. The highest BCUT2D eigenvalue weighted by Gasteiger charge is 2.32. The molecule has 0 aliphatic carbocycles. The lowest BCUT2D eigenvalue weighted by Gasteiger charge is -2.39. The molecule has 3 fully saturated rings. The average Bonchev–Trinajstić information content (AvgIpc) is 3.10. The van der Waals surface area contributed by atoms with E-state index >= 15 is 0 Å². The fourth-order valence-corrected chi connectivity index (χ4v) is 6.07. The van der Waals surface area contributed by atoms with Crippen molar-refractivity contribution in [1.29, 1.82) is 0 Å². The highest BCUT2D eigenvalue weighted by molar-refractivity contribution is 6.00. The second kappa shape index (κ2) is 9.54. The fraction of sp³-hybridized carbons (Fsp3) is 0.640. The molecule has 34 heavy (non-hydrogen) atoms. The van der Waals surface area contributed by atoms with E-state index in [1.165, 1.54) is 19.4 Å². The SMILES string of the molecule is CN(CC1CCNCC1)C1CCN(c2cccc3c2n(C)c(=O)n3C2CCC(=O)NC2=O)CC1. The van der Waals surface area contributed by atoms with Crippen molar-refractivity contribution in [2.45, 2.75) is 50.6 Å². The van der Waals surface area contributed by atoms with Crippen LogP contribution in [0.3, 0.4) is 0 Å². The Hall–Kier alpha value is -2.65. The van der Waals surface area contributed by atoms with E-state index in [1.54, 1.807) is 16.2 Å². The van der Waals surface area contributed by atoms with Crippen LogP contribution in [0.4, 0.5) is 5.69 Å². The molecule has 184 valence electrons. The molecule has 3 aliphatic heterocycles. The minimum absolute atomic E-state index is 0.214. The molecule has 2 aromatic rings. The number of carbonyl (C=O) groups is 2. The van der Waals surface area contributed by atoms with Crippen LogP contribution in [0.1, 0.15) is 44.6 Å². The molecule has 0 saturated carbocycles. The number of hydrogen-bond donors (Lipinski definition) is 2. The maximum atomic E-state index is 13.2. The van der Waals surface area contributed by atoms with Gasteiger partial charge in [-0.3, -0.25) is 24.0 Å². The van der Waals surface area contributed by atoms with Gasteiger partial charge in [-0.2, -0.15) is 0 Å². The van der Waals surface area contributed by atoms with E-state index in [0.29, 0.717) is 12.5 Å². The molecule has 2 amide bonds. The Bertz CT molecular complexity index is 1120. The highest BCUT2D eigenvalue weighted by Crippen LogP contribution is 2.32. The quantitative estimate of drug-likeness (QED) is 0.642. The monoisotopic (exact) mass is 468 g/mol. The first-order chi connectivity index (χ1) is 16.4. The lowest BCUT2D eigenvalue weighted by molar-refractivity contribution is -0.135. The summed E-state index contributed by atoms with van der Waals surface area (Å²) in [5, 5.41) is 5.84. The van der Waals surface area contributed by atoms with Crippen LogP contribution < -0.4 is 21.2 Å². The minimum atomic E-state index is -0.654. The molecule has 5 rings (SSSR count). The lowest BCUT2D eigenvalue weighted by Crippen LogP contribution is -2.46. The van der Waals surface area contributed by atoms with Crippen LogP contribution in [-0.4, -0.2) is 71.7 Å². The summed E-state index contributed by atoms with van der Waals surface area (Å²) in [6.07, 6.45) is 5.33. The van der Waals surface area contributed by atoms with Crippen molar-refractivity contribution < 1.29 is 9.59 Å². The van der Waals surface area contributed by atoms with Crippen molar-refractivity contribution >= 4 is 28.5 Å². The second-order valence-electron chi connectivity index (χ2n) is 10.2. The number of piperidine rings is 3. The van der Waals surface area contributed by atoms with Crippen molar-refractivity contribution in [1.82, 2.24) is 24.7 Å². The molecule has 0 bridgehead atoms. The van der Waals surface area contributed by atoms with E-state index in [9.17, 15) is 14.4 Å². The van der Waals surface area contributed by atoms with Gasteiger partial charge < -0.3 is 15.1 Å². The first kappa shape index (κ1) is 23.1. The van der Waals surface area contributed by atoms with E-state index in [1.807, 2.05) is 12.1 Å². The fourth-order valence-electron chi connectivity index (χ4n) is 6.07. The summed E-state index contributed by atoms with van der Waals surface area (Å²) in [5.74, 6) is 0.122. The van der Waals surface area contributed by atoms with Crippen LogP contribution in [-0.2, 0) is 16.6 Å². The van der Waals surface area contributed by atoms with Crippen molar-refractivity contribution in [3.63, 3.8) is 0 Å². The summed E-state index contributed by atoms with van der Waals surface area (Å²) in [6, 6.07) is 5.88. The van der Waals surface area contributed by atoms with Gasteiger partial charge in [0.2, 0.25) is 11.8 Å². The number of hydrogen-bond acceptors (Lipinski definition) is 6. The zero-order valence-corrected chi connectivity index (χ0v) is 20.3. The van der Waals surface area contributed by atoms with E-state index in [4.69, 9.17) is 0 Å². The van der Waals surface area contributed by atoms with Gasteiger partial charge in [-0.05, 0) is 70.3 Å². The smallest absolute Gasteiger partial charge is 0.329 e. The maximum absolute atomic E-state index is 13.2. The van der Waals surface area contributed by atoms with E-state index in [2.05, 4.69) is 33.5 Å². The van der Waals surface area contributed by atoms with Crippen LogP contribution in [0.2, 0.25) is 0 Å². The summed E-state index contributed by atoms with van der Waals surface area (Å²) >= 11 is 0. The van der Waals surface area contributed by atoms with Gasteiger partial charge in [-0.15, -0.1) is 0 Å². The molecule has 3 aliphatic rings. The Kier molecular flexibility index (Phi) is 6.48. The predicted octanol–water partition coefficient (Wildman–Crippen LogP) is 1.22. The van der Waals surface area contributed by atoms with Crippen molar-refractivity contribution in [3.05, 3.63) is 28.7 Å². The van der Waals surface area contributed by atoms with Crippen LogP contribution in [0.25, 0.3) is 11.0 Å². The maximum Gasteiger partial charge on any atom is 0.329 e. The third kappa shape index (κ3) is 4.27. The minimum Gasteiger partial charge on any atom is -0.370 e. The van der Waals surface area contributed by atoms with Gasteiger partial charge in [-0.1, -0.05) is 6.07 Å². The standard InChI is InChI=1S/C25H36N6O3/c1-28(16-17-8-12-26-13-9-17)18-10-14-30(15-11-18)19-4-3-5-20-23(19)29(2)25(34)31(20)21-6-7-22(32)27-24(21)33/h3-5,17-18,21,26H,6-16H2,1-2H3,(H,27,32,33). The second-order valence-corrected chi connectivity index (χ2v) is 10.2. The van der Waals surface area contributed by atoms with Crippen LogP contribution >= 0.6 is 0 Å². The van der Waals surface area contributed by atoms with E-state index in [-0.39, 0.29) is 18.0 Å². The molecular weight excluding hydrogens is 432 g/mol. The number of benzene rings is 1. The number of para-hydroxylation sites is 1. The third-order valence-electron chi connectivity index (χ3n) is 8.04. The molecule has 0 spiro atoms.